The lowest BCUT2D eigenvalue weighted by Crippen LogP contribution is -2.04. The lowest BCUT2D eigenvalue weighted by atomic mass is 10.1. The van der Waals surface area contributed by atoms with Crippen molar-refractivity contribution in [2.45, 2.75) is 12.5 Å². The van der Waals surface area contributed by atoms with E-state index in [1.54, 1.807) is 31.6 Å². The van der Waals surface area contributed by atoms with Gasteiger partial charge in [-0.25, -0.2) is 4.98 Å². The van der Waals surface area contributed by atoms with Crippen LogP contribution in [-0.4, -0.2) is 22.2 Å². The van der Waals surface area contributed by atoms with Crippen molar-refractivity contribution < 1.29 is 9.84 Å². The molecule has 1 atom stereocenters. The number of aliphatic hydroxyl groups excluding tert-OH is 1. The summed E-state index contributed by atoms with van der Waals surface area (Å²) in [6, 6.07) is 9.11. The van der Waals surface area contributed by atoms with E-state index in [1.165, 1.54) is 0 Å². The molecule has 0 aliphatic carbocycles. The molecule has 4 heteroatoms. The molecule has 0 amide bonds. The summed E-state index contributed by atoms with van der Waals surface area (Å²) in [4.78, 5) is 8.14. The van der Waals surface area contributed by atoms with Gasteiger partial charge < -0.3 is 9.84 Å². The van der Waals surface area contributed by atoms with Crippen LogP contribution in [0, 0.1) is 0 Å². The van der Waals surface area contributed by atoms with Crippen LogP contribution in [0.15, 0.2) is 42.7 Å². The average molecular weight is 230 g/mol. The Bertz CT molecular complexity index is 474. The molecule has 2 heterocycles. The first-order valence-corrected chi connectivity index (χ1v) is 5.37. The molecule has 0 saturated heterocycles. The van der Waals surface area contributed by atoms with Crippen molar-refractivity contribution in [1.82, 2.24) is 9.97 Å². The van der Waals surface area contributed by atoms with Gasteiger partial charge in [-0.05, 0) is 23.8 Å². The van der Waals surface area contributed by atoms with E-state index in [9.17, 15) is 5.11 Å². The molecule has 1 N–H and O–H groups in total. The molecule has 17 heavy (non-hydrogen) atoms. The van der Waals surface area contributed by atoms with E-state index in [-0.39, 0.29) is 0 Å². The van der Waals surface area contributed by atoms with Crippen LogP contribution in [0.2, 0.25) is 0 Å². The molecule has 0 bridgehead atoms. The van der Waals surface area contributed by atoms with Crippen LogP contribution < -0.4 is 4.74 Å². The minimum Gasteiger partial charge on any atom is -0.481 e. The second kappa shape index (κ2) is 5.41. The van der Waals surface area contributed by atoms with Crippen molar-refractivity contribution in [1.29, 1.82) is 0 Å². The molecular weight excluding hydrogens is 216 g/mol. The molecule has 4 nitrogen and oxygen atoms in total. The molecule has 88 valence electrons. The lowest BCUT2D eigenvalue weighted by Gasteiger charge is -2.10. The summed E-state index contributed by atoms with van der Waals surface area (Å²) in [5, 5.41) is 10.1. The van der Waals surface area contributed by atoms with Crippen LogP contribution in [0.25, 0.3) is 0 Å². The Morgan fingerprint density at radius 2 is 2.00 bits per heavy atom. The quantitative estimate of drug-likeness (QED) is 0.869. The second-order valence-corrected chi connectivity index (χ2v) is 3.68. The second-order valence-electron chi connectivity index (χ2n) is 3.68. The third-order valence-corrected chi connectivity index (χ3v) is 2.47. The minimum absolute atomic E-state index is 0.510. The summed E-state index contributed by atoms with van der Waals surface area (Å²) in [5.41, 5.74) is 1.64. The number of rotatable bonds is 4. The molecule has 0 saturated carbocycles. The van der Waals surface area contributed by atoms with Gasteiger partial charge in [-0.1, -0.05) is 6.07 Å². The summed E-state index contributed by atoms with van der Waals surface area (Å²) in [7, 11) is 1.56. The number of nitrogens with zero attached hydrogens (tertiary/aromatic N) is 2. The first-order valence-electron chi connectivity index (χ1n) is 5.37. The molecule has 0 aliphatic heterocycles. The Morgan fingerprint density at radius 1 is 1.24 bits per heavy atom. The molecule has 0 fully saturated rings. The number of aliphatic hydroxyl groups is 1. The van der Waals surface area contributed by atoms with Gasteiger partial charge in [0, 0.05) is 24.9 Å². The van der Waals surface area contributed by atoms with Gasteiger partial charge in [0.25, 0.3) is 0 Å². The van der Waals surface area contributed by atoms with Crippen molar-refractivity contribution in [3.05, 3.63) is 54.0 Å². The number of aromatic nitrogens is 2. The van der Waals surface area contributed by atoms with Crippen molar-refractivity contribution in [3.63, 3.8) is 0 Å². The third-order valence-electron chi connectivity index (χ3n) is 2.47. The van der Waals surface area contributed by atoms with Crippen LogP contribution in [0.5, 0.6) is 5.88 Å². The highest BCUT2D eigenvalue weighted by Crippen LogP contribution is 2.18. The zero-order valence-corrected chi connectivity index (χ0v) is 9.58. The third kappa shape index (κ3) is 3.01. The van der Waals surface area contributed by atoms with E-state index in [0.717, 1.165) is 5.56 Å². The Morgan fingerprint density at radius 3 is 2.71 bits per heavy atom. The maximum absolute atomic E-state index is 10.1. The smallest absolute Gasteiger partial charge is 0.213 e. The fourth-order valence-corrected chi connectivity index (χ4v) is 1.58. The van der Waals surface area contributed by atoms with E-state index >= 15 is 0 Å². The topological polar surface area (TPSA) is 55.2 Å². The highest BCUT2D eigenvalue weighted by Gasteiger charge is 2.10. The zero-order valence-electron chi connectivity index (χ0n) is 9.58. The largest absolute Gasteiger partial charge is 0.481 e. The van der Waals surface area contributed by atoms with Crippen molar-refractivity contribution in [3.8, 4) is 5.88 Å². The monoisotopic (exact) mass is 230 g/mol. The maximum Gasteiger partial charge on any atom is 0.213 e. The molecule has 0 aromatic carbocycles. The zero-order chi connectivity index (χ0) is 12.1. The molecule has 2 aromatic heterocycles. The predicted octanol–water partition coefficient (Wildman–Crippen LogP) is 1.76. The summed E-state index contributed by atoms with van der Waals surface area (Å²) in [6.07, 6.45) is 3.30. The number of pyridine rings is 2. The van der Waals surface area contributed by atoms with Gasteiger partial charge in [-0.2, -0.15) is 0 Å². The Kier molecular flexibility index (Phi) is 3.67. The van der Waals surface area contributed by atoms with Crippen molar-refractivity contribution >= 4 is 0 Å². The first-order chi connectivity index (χ1) is 8.29. The fourth-order valence-electron chi connectivity index (χ4n) is 1.58. The van der Waals surface area contributed by atoms with E-state index < -0.39 is 6.10 Å². The van der Waals surface area contributed by atoms with E-state index in [2.05, 4.69) is 9.97 Å². The highest BCUT2D eigenvalue weighted by atomic mass is 16.5. The fraction of sp³-hybridized carbons (Fsp3) is 0.231. The first kappa shape index (κ1) is 11.5. The van der Waals surface area contributed by atoms with Gasteiger partial charge in [0.05, 0.1) is 12.8 Å². The number of methoxy groups -OCH3 is 1. The molecule has 1 unspecified atom stereocenters. The van der Waals surface area contributed by atoms with Crippen LogP contribution in [0.4, 0.5) is 0 Å². The molecular formula is C13H14N2O2. The Labute approximate surface area is 99.9 Å². The summed E-state index contributed by atoms with van der Waals surface area (Å²) in [6.45, 7) is 0. The minimum atomic E-state index is -0.632. The maximum atomic E-state index is 10.1. The van der Waals surface area contributed by atoms with Crippen molar-refractivity contribution in [2.24, 2.45) is 0 Å². The predicted molar refractivity (Wildman–Crippen MR) is 63.7 cm³/mol. The number of ether oxygens (including phenoxy) is 1. The van der Waals surface area contributed by atoms with Gasteiger partial charge in [0.1, 0.15) is 6.10 Å². The van der Waals surface area contributed by atoms with E-state index in [0.29, 0.717) is 18.0 Å². The Balaban J connectivity index is 2.11. The van der Waals surface area contributed by atoms with E-state index in [1.807, 2.05) is 18.2 Å². The molecule has 0 radical (unpaired) electrons. The summed E-state index contributed by atoms with van der Waals surface area (Å²) in [5.74, 6) is 0.510. The van der Waals surface area contributed by atoms with Gasteiger partial charge in [-0.3, -0.25) is 4.98 Å². The Hall–Kier alpha value is -1.94. The molecule has 2 rings (SSSR count). The van der Waals surface area contributed by atoms with E-state index in [4.69, 9.17) is 4.74 Å². The molecule has 2 aromatic rings. The standard InChI is InChI=1S/C13H14N2O2/c1-17-13-4-2-3-11(15-13)12(16)9-10-5-7-14-8-6-10/h2-8,12,16H,9H2,1H3. The van der Waals surface area contributed by atoms with Gasteiger partial charge in [0.2, 0.25) is 5.88 Å². The number of hydrogen-bond donors (Lipinski definition) is 1. The normalized spacial score (nSPS) is 12.1. The van der Waals surface area contributed by atoms with Crippen LogP contribution in [0.3, 0.4) is 0 Å². The summed E-state index contributed by atoms with van der Waals surface area (Å²) >= 11 is 0. The van der Waals surface area contributed by atoms with Crippen molar-refractivity contribution in [2.75, 3.05) is 7.11 Å². The lowest BCUT2D eigenvalue weighted by molar-refractivity contribution is 0.172. The highest BCUT2D eigenvalue weighted by molar-refractivity contribution is 5.20. The van der Waals surface area contributed by atoms with Gasteiger partial charge in [0.15, 0.2) is 0 Å². The summed E-state index contributed by atoms with van der Waals surface area (Å²) < 4.78 is 5.02. The number of hydrogen-bond acceptors (Lipinski definition) is 4. The van der Waals surface area contributed by atoms with Gasteiger partial charge in [-0.15, -0.1) is 0 Å². The molecule has 0 spiro atoms. The van der Waals surface area contributed by atoms with Crippen LogP contribution in [-0.2, 0) is 6.42 Å². The van der Waals surface area contributed by atoms with Crippen LogP contribution >= 0.6 is 0 Å². The van der Waals surface area contributed by atoms with Gasteiger partial charge >= 0.3 is 0 Å². The van der Waals surface area contributed by atoms with Crippen LogP contribution in [0.1, 0.15) is 17.4 Å². The SMILES string of the molecule is COc1cccc(C(O)Cc2ccncc2)n1. The molecule has 0 aliphatic rings. The average Bonchev–Trinajstić information content (AvgIpc) is 2.40.